The summed E-state index contributed by atoms with van der Waals surface area (Å²) in [5, 5.41) is 11.8. The molecule has 0 unspecified atom stereocenters. The molecule has 0 spiro atoms. The standard InChI is InChI=1S/C13H17NO4/c1-2-9(7-15)14-13(16)12-8-17-10-5-3-4-6-11(10)18-12/h3-6,9,12,15H,2,7-8H2,1H3,(H,14,16)/t9-,12-/m1/s1. The van der Waals surface area contributed by atoms with Crippen LogP contribution in [0.25, 0.3) is 0 Å². The summed E-state index contributed by atoms with van der Waals surface area (Å²) >= 11 is 0. The normalized spacial score (nSPS) is 19.1. The Labute approximate surface area is 106 Å². The zero-order valence-electron chi connectivity index (χ0n) is 10.3. The number of para-hydroxylation sites is 2. The molecule has 5 heteroatoms. The number of aliphatic hydroxyl groups excluding tert-OH is 1. The first-order valence-corrected chi connectivity index (χ1v) is 6.04. The van der Waals surface area contributed by atoms with Crippen molar-refractivity contribution in [3.63, 3.8) is 0 Å². The molecular weight excluding hydrogens is 234 g/mol. The molecule has 1 aromatic carbocycles. The van der Waals surface area contributed by atoms with Gasteiger partial charge in [0.2, 0.25) is 6.10 Å². The number of carbonyl (C=O) groups is 1. The third kappa shape index (κ3) is 2.73. The van der Waals surface area contributed by atoms with E-state index >= 15 is 0 Å². The van der Waals surface area contributed by atoms with Crippen LogP contribution in [-0.2, 0) is 4.79 Å². The van der Waals surface area contributed by atoms with E-state index in [1.165, 1.54) is 0 Å². The SMILES string of the molecule is CC[C@H](CO)NC(=O)[C@H]1COc2ccccc2O1. The average Bonchev–Trinajstić information content (AvgIpc) is 2.44. The molecular formula is C13H17NO4. The quantitative estimate of drug-likeness (QED) is 0.827. The number of rotatable bonds is 4. The summed E-state index contributed by atoms with van der Waals surface area (Å²) in [7, 11) is 0. The molecule has 2 atom stereocenters. The molecule has 1 heterocycles. The molecule has 98 valence electrons. The van der Waals surface area contributed by atoms with Crippen molar-refractivity contribution >= 4 is 5.91 Å². The van der Waals surface area contributed by atoms with E-state index in [-0.39, 0.29) is 25.2 Å². The second kappa shape index (κ2) is 5.73. The van der Waals surface area contributed by atoms with Crippen molar-refractivity contribution in [3.8, 4) is 11.5 Å². The summed E-state index contributed by atoms with van der Waals surface area (Å²) in [4.78, 5) is 11.9. The van der Waals surface area contributed by atoms with Gasteiger partial charge in [-0.1, -0.05) is 19.1 Å². The number of carbonyl (C=O) groups excluding carboxylic acids is 1. The molecule has 1 aromatic rings. The Bertz CT molecular complexity index is 417. The van der Waals surface area contributed by atoms with E-state index in [1.807, 2.05) is 19.1 Å². The zero-order valence-corrected chi connectivity index (χ0v) is 10.3. The van der Waals surface area contributed by atoms with Crippen molar-refractivity contribution in [2.45, 2.75) is 25.5 Å². The minimum atomic E-state index is -0.666. The van der Waals surface area contributed by atoms with Crippen LogP contribution in [0.4, 0.5) is 0 Å². The molecule has 0 aromatic heterocycles. The van der Waals surface area contributed by atoms with Crippen LogP contribution in [0.5, 0.6) is 11.5 Å². The number of hydrogen-bond donors (Lipinski definition) is 2. The number of aliphatic hydroxyl groups is 1. The highest BCUT2D eigenvalue weighted by atomic mass is 16.6. The summed E-state index contributed by atoms with van der Waals surface area (Å²) in [5.74, 6) is 0.960. The van der Waals surface area contributed by atoms with Crippen molar-refractivity contribution in [1.29, 1.82) is 0 Å². The van der Waals surface area contributed by atoms with Crippen LogP contribution in [0.15, 0.2) is 24.3 Å². The molecule has 5 nitrogen and oxygen atoms in total. The van der Waals surface area contributed by atoms with E-state index in [4.69, 9.17) is 14.6 Å². The lowest BCUT2D eigenvalue weighted by molar-refractivity contribution is -0.131. The van der Waals surface area contributed by atoms with Crippen molar-refractivity contribution in [2.24, 2.45) is 0 Å². The molecule has 1 aliphatic heterocycles. The van der Waals surface area contributed by atoms with Gasteiger partial charge in [-0.15, -0.1) is 0 Å². The van der Waals surface area contributed by atoms with Gasteiger partial charge in [0.05, 0.1) is 12.6 Å². The van der Waals surface area contributed by atoms with Crippen LogP contribution in [0.1, 0.15) is 13.3 Å². The number of nitrogens with one attached hydrogen (secondary N) is 1. The fraction of sp³-hybridized carbons (Fsp3) is 0.462. The first-order chi connectivity index (χ1) is 8.74. The Hall–Kier alpha value is -1.75. The minimum absolute atomic E-state index is 0.0770. The highest BCUT2D eigenvalue weighted by Crippen LogP contribution is 2.30. The van der Waals surface area contributed by atoms with Gasteiger partial charge in [0.1, 0.15) is 6.61 Å². The Balaban J connectivity index is 1.98. The van der Waals surface area contributed by atoms with Crippen molar-refractivity contribution in [3.05, 3.63) is 24.3 Å². The fourth-order valence-corrected chi connectivity index (χ4v) is 1.72. The Morgan fingerprint density at radius 3 is 2.89 bits per heavy atom. The predicted octanol–water partition coefficient (Wildman–Crippen LogP) is 0.713. The monoisotopic (exact) mass is 251 g/mol. The molecule has 0 bridgehead atoms. The van der Waals surface area contributed by atoms with E-state index in [2.05, 4.69) is 5.32 Å². The highest BCUT2D eigenvalue weighted by molar-refractivity contribution is 5.82. The predicted molar refractivity (Wildman–Crippen MR) is 65.7 cm³/mol. The van der Waals surface area contributed by atoms with Gasteiger partial charge in [-0.2, -0.15) is 0 Å². The Morgan fingerprint density at radius 1 is 1.50 bits per heavy atom. The second-order valence-electron chi connectivity index (χ2n) is 4.16. The van der Waals surface area contributed by atoms with Crippen LogP contribution < -0.4 is 14.8 Å². The van der Waals surface area contributed by atoms with Crippen LogP contribution in [0.3, 0.4) is 0 Å². The van der Waals surface area contributed by atoms with Gasteiger partial charge in [0.25, 0.3) is 5.91 Å². The first kappa shape index (κ1) is 12.7. The van der Waals surface area contributed by atoms with Gasteiger partial charge in [-0.3, -0.25) is 4.79 Å². The maximum atomic E-state index is 11.9. The molecule has 0 aliphatic carbocycles. The molecule has 0 fully saturated rings. The zero-order chi connectivity index (χ0) is 13.0. The molecule has 2 N–H and O–H groups in total. The topological polar surface area (TPSA) is 67.8 Å². The summed E-state index contributed by atoms with van der Waals surface area (Å²) < 4.78 is 11.0. The Kier molecular flexibility index (Phi) is 4.04. The third-order valence-corrected chi connectivity index (χ3v) is 2.86. The Morgan fingerprint density at radius 2 is 2.22 bits per heavy atom. The molecule has 18 heavy (non-hydrogen) atoms. The van der Waals surface area contributed by atoms with Gasteiger partial charge >= 0.3 is 0 Å². The second-order valence-corrected chi connectivity index (χ2v) is 4.16. The molecule has 1 aliphatic rings. The first-order valence-electron chi connectivity index (χ1n) is 6.04. The fourth-order valence-electron chi connectivity index (χ4n) is 1.72. The number of ether oxygens (including phenoxy) is 2. The lowest BCUT2D eigenvalue weighted by atomic mass is 10.2. The van der Waals surface area contributed by atoms with E-state index in [1.54, 1.807) is 12.1 Å². The van der Waals surface area contributed by atoms with E-state index in [0.717, 1.165) is 0 Å². The third-order valence-electron chi connectivity index (χ3n) is 2.86. The summed E-state index contributed by atoms with van der Waals surface area (Å²) in [6.07, 6.45) is 0.00682. The number of fused-ring (bicyclic) bond motifs is 1. The summed E-state index contributed by atoms with van der Waals surface area (Å²) in [5.41, 5.74) is 0. The number of amides is 1. The largest absolute Gasteiger partial charge is 0.485 e. The van der Waals surface area contributed by atoms with Crippen LogP contribution in [0.2, 0.25) is 0 Å². The lowest BCUT2D eigenvalue weighted by Crippen LogP contribution is -2.48. The summed E-state index contributed by atoms with van der Waals surface area (Å²) in [6, 6.07) is 7.00. The van der Waals surface area contributed by atoms with Crippen LogP contribution in [-0.4, -0.2) is 36.4 Å². The van der Waals surface area contributed by atoms with E-state index in [9.17, 15) is 4.79 Å². The maximum Gasteiger partial charge on any atom is 0.264 e. The molecule has 0 radical (unpaired) electrons. The van der Waals surface area contributed by atoms with Gasteiger partial charge in [0, 0.05) is 0 Å². The van der Waals surface area contributed by atoms with Gasteiger partial charge in [-0.25, -0.2) is 0 Å². The lowest BCUT2D eigenvalue weighted by Gasteiger charge is -2.26. The molecule has 0 saturated carbocycles. The molecule has 0 saturated heterocycles. The van der Waals surface area contributed by atoms with Crippen LogP contribution >= 0.6 is 0 Å². The van der Waals surface area contributed by atoms with E-state index < -0.39 is 6.10 Å². The summed E-state index contributed by atoms with van der Waals surface area (Å²) in [6.45, 7) is 2.01. The smallest absolute Gasteiger partial charge is 0.264 e. The minimum Gasteiger partial charge on any atom is -0.485 e. The van der Waals surface area contributed by atoms with Crippen molar-refractivity contribution < 1.29 is 19.4 Å². The average molecular weight is 251 g/mol. The van der Waals surface area contributed by atoms with Crippen molar-refractivity contribution in [1.82, 2.24) is 5.32 Å². The molecule has 2 rings (SSSR count). The van der Waals surface area contributed by atoms with Gasteiger partial charge < -0.3 is 19.9 Å². The number of hydrogen-bond acceptors (Lipinski definition) is 4. The van der Waals surface area contributed by atoms with Crippen LogP contribution in [0, 0.1) is 0 Å². The van der Waals surface area contributed by atoms with E-state index in [0.29, 0.717) is 17.9 Å². The van der Waals surface area contributed by atoms with Crippen molar-refractivity contribution in [2.75, 3.05) is 13.2 Å². The maximum absolute atomic E-state index is 11.9. The highest BCUT2D eigenvalue weighted by Gasteiger charge is 2.28. The number of benzene rings is 1. The molecule has 1 amide bonds. The van der Waals surface area contributed by atoms with Gasteiger partial charge in [0.15, 0.2) is 11.5 Å². The van der Waals surface area contributed by atoms with Gasteiger partial charge in [-0.05, 0) is 18.6 Å².